The van der Waals surface area contributed by atoms with E-state index in [9.17, 15) is 14.7 Å². The smallest absolute Gasteiger partial charge is 0.331 e. The normalized spacial score (nSPS) is 11.2. The summed E-state index contributed by atoms with van der Waals surface area (Å²) in [5, 5.41) is 14.1. The maximum absolute atomic E-state index is 11.7. The molecule has 8 heteroatoms. The van der Waals surface area contributed by atoms with Crippen LogP contribution in [-0.4, -0.2) is 29.4 Å². The molecule has 2 aromatic rings. The first-order valence-electron chi connectivity index (χ1n) is 5.80. The topological polar surface area (TPSA) is 106 Å². The quantitative estimate of drug-likeness (QED) is 0.781. The Morgan fingerprint density at radius 1 is 1.42 bits per heavy atom. The van der Waals surface area contributed by atoms with Crippen molar-refractivity contribution in [1.29, 1.82) is 0 Å². The lowest BCUT2D eigenvalue weighted by Gasteiger charge is -2.11. The van der Waals surface area contributed by atoms with Crippen molar-refractivity contribution in [1.82, 2.24) is 24.3 Å². The summed E-state index contributed by atoms with van der Waals surface area (Å²) in [4.78, 5) is 29.5. The van der Waals surface area contributed by atoms with E-state index in [0.717, 1.165) is 4.57 Å². The second-order valence-electron chi connectivity index (χ2n) is 4.57. The minimum atomic E-state index is -0.681. The first-order chi connectivity index (χ1) is 8.90. The molecule has 2 aromatic heterocycles. The zero-order valence-electron chi connectivity index (χ0n) is 10.9. The van der Waals surface area contributed by atoms with E-state index in [1.54, 1.807) is 20.9 Å². The highest BCUT2D eigenvalue weighted by molar-refractivity contribution is 5.26. The lowest BCUT2D eigenvalue weighted by molar-refractivity contribution is 0.395. The van der Waals surface area contributed by atoms with Gasteiger partial charge in [-0.25, -0.2) is 9.78 Å². The maximum Gasteiger partial charge on any atom is 0.331 e. The molecule has 0 aromatic carbocycles. The van der Waals surface area contributed by atoms with Gasteiger partial charge in [-0.15, -0.1) is 0 Å². The lowest BCUT2D eigenvalue weighted by Crippen LogP contribution is -2.33. The Morgan fingerprint density at radius 2 is 2.11 bits per heavy atom. The molecule has 102 valence electrons. The minimum absolute atomic E-state index is 0.00199. The summed E-state index contributed by atoms with van der Waals surface area (Å²) in [7, 11) is 1.70. The van der Waals surface area contributed by atoms with Crippen molar-refractivity contribution in [2.24, 2.45) is 7.05 Å². The van der Waals surface area contributed by atoms with Crippen molar-refractivity contribution in [3.05, 3.63) is 38.6 Å². The van der Waals surface area contributed by atoms with Gasteiger partial charge in [-0.3, -0.25) is 19.0 Å². The Bertz CT molecular complexity index is 710. The van der Waals surface area contributed by atoms with Gasteiger partial charge >= 0.3 is 5.69 Å². The fourth-order valence-corrected chi connectivity index (χ4v) is 1.84. The average Bonchev–Trinajstić information content (AvgIpc) is 2.69. The number of aromatic hydroxyl groups is 1. The summed E-state index contributed by atoms with van der Waals surface area (Å²) in [5.74, 6) is -0.162. The third-order valence-corrected chi connectivity index (χ3v) is 2.73. The molecule has 0 atom stereocenters. The monoisotopic (exact) mass is 265 g/mol. The highest BCUT2D eigenvalue weighted by atomic mass is 16.3. The molecule has 2 rings (SSSR count). The van der Waals surface area contributed by atoms with Crippen molar-refractivity contribution < 1.29 is 5.11 Å². The molecule has 0 aliphatic carbocycles. The van der Waals surface area contributed by atoms with Crippen LogP contribution in [0.5, 0.6) is 5.88 Å². The van der Waals surface area contributed by atoms with Crippen LogP contribution >= 0.6 is 0 Å². The standard InChI is InChI=1S/C11H15N5O3/c1-6(2)8-9(17)13-11(19)16(10(8)18)4-7-12-5-15(3)14-7/h5-6,18H,4H2,1-3H3,(H,13,17,19). The molecule has 0 saturated heterocycles. The first kappa shape index (κ1) is 13.1. The Morgan fingerprint density at radius 3 is 2.63 bits per heavy atom. The number of nitrogens with one attached hydrogen (secondary N) is 1. The van der Waals surface area contributed by atoms with Gasteiger partial charge in [-0.05, 0) is 5.92 Å². The SMILES string of the molecule is CC(C)c1c(O)n(Cc2ncn(C)n2)c(=O)[nH]c1=O. The number of aryl methyl sites for hydroxylation is 1. The molecular formula is C11H15N5O3. The van der Waals surface area contributed by atoms with Crippen LogP contribution in [0, 0.1) is 0 Å². The van der Waals surface area contributed by atoms with Crippen LogP contribution < -0.4 is 11.2 Å². The Hall–Kier alpha value is -2.38. The van der Waals surface area contributed by atoms with Gasteiger partial charge in [0.25, 0.3) is 5.56 Å². The van der Waals surface area contributed by atoms with E-state index in [1.165, 1.54) is 11.0 Å². The second-order valence-corrected chi connectivity index (χ2v) is 4.57. The molecule has 19 heavy (non-hydrogen) atoms. The zero-order chi connectivity index (χ0) is 14.2. The molecule has 0 amide bonds. The molecule has 8 nitrogen and oxygen atoms in total. The number of hydrogen-bond acceptors (Lipinski definition) is 5. The predicted molar refractivity (Wildman–Crippen MR) is 67.2 cm³/mol. The molecule has 0 spiro atoms. The van der Waals surface area contributed by atoms with Gasteiger partial charge in [0.2, 0.25) is 5.88 Å². The average molecular weight is 265 g/mol. The van der Waals surface area contributed by atoms with Gasteiger partial charge in [0, 0.05) is 7.05 Å². The van der Waals surface area contributed by atoms with Crippen LogP contribution in [0.25, 0.3) is 0 Å². The summed E-state index contributed by atoms with van der Waals surface area (Å²) >= 11 is 0. The van der Waals surface area contributed by atoms with Crippen LogP contribution in [0.3, 0.4) is 0 Å². The van der Waals surface area contributed by atoms with Gasteiger partial charge in [0.1, 0.15) is 6.33 Å². The predicted octanol–water partition coefficient (Wildman–Crippen LogP) is -0.458. The van der Waals surface area contributed by atoms with Crippen LogP contribution in [0.2, 0.25) is 0 Å². The number of nitrogens with zero attached hydrogens (tertiary/aromatic N) is 4. The number of aromatic nitrogens is 5. The van der Waals surface area contributed by atoms with Crippen LogP contribution in [0.4, 0.5) is 0 Å². The number of rotatable bonds is 3. The zero-order valence-corrected chi connectivity index (χ0v) is 10.9. The fourth-order valence-electron chi connectivity index (χ4n) is 1.84. The van der Waals surface area contributed by atoms with Gasteiger partial charge in [-0.2, -0.15) is 5.10 Å². The molecule has 0 aliphatic rings. The van der Waals surface area contributed by atoms with E-state index in [2.05, 4.69) is 15.1 Å². The second kappa shape index (κ2) is 4.71. The van der Waals surface area contributed by atoms with Gasteiger partial charge < -0.3 is 5.11 Å². The summed E-state index contributed by atoms with van der Waals surface area (Å²) in [5.41, 5.74) is -1.07. The fraction of sp³-hybridized carbons (Fsp3) is 0.455. The van der Waals surface area contributed by atoms with Gasteiger partial charge in [-0.1, -0.05) is 13.8 Å². The summed E-state index contributed by atoms with van der Waals surface area (Å²) in [6.45, 7) is 3.53. The molecular weight excluding hydrogens is 250 g/mol. The largest absolute Gasteiger partial charge is 0.494 e. The Labute approximate surface area is 108 Å². The van der Waals surface area contributed by atoms with E-state index in [0.29, 0.717) is 5.82 Å². The van der Waals surface area contributed by atoms with Gasteiger partial charge in [0.15, 0.2) is 5.82 Å². The van der Waals surface area contributed by atoms with Crippen molar-refractivity contribution in [3.63, 3.8) is 0 Å². The summed E-state index contributed by atoms with van der Waals surface area (Å²) in [6, 6.07) is 0. The molecule has 2 heterocycles. The van der Waals surface area contributed by atoms with Crippen molar-refractivity contribution in [3.8, 4) is 5.88 Å². The maximum atomic E-state index is 11.7. The first-order valence-corrected chi connectivity index (χ1v) is 5.80. The summed E-state index contributed by atoms with van der Waals surface area (Å²) in [6.07, 6.45) is 1.49. The third-order valence-electron chi connectivity index (χ3n) is 2.73. The molecule has 0 radical (unpaired) electrons. The van der Waals surface area contributed by atoms with Gasteiger partial charge in [0.05, 0.1) is 12.1 Å². The van der Waals surface area contributed by atoms with Crippen molar-refractivity contribution in [2.75, 3.05) is 0 Å². The van der Waals surface area contributed by atoms with E-state index in [1.807, 2.05) is 0 Å². The van der Waals surface area contributed by atoms with Crippen molar-refractivity contribution >= 4 is 0 Å². The van der Waals surface area contributed by atoms with E-state index in [4.69, 9.17) is 0 Å². The lowest BCUT2D eigenvalue weighted by atomic mass is 10.1. The molecule has 2 N–H and O–H groups in total. The Kier molecular flexibility index (Phi) is 3.24. The molecule has 0 aliphatic heterocycles. The minimum Gasteiger partial charge on any atom is -0.494 e. The molecule has 0 unspecified atom stereocenters. The molecule has 0 saturated carbocycles. The Balaban J connectivity index is 2.54. The number of H-pyrrole nitrogens is 1. The highest BCUT2D eigenvalue weighted by Gasteiger charge is 2.17. The summed E-state index contributed by atoms with van der Waals surface area (Å²) < 4.78 is 2.54. The van der Waals surface area contributed by atoms with E-state index < -0.39 is 11.2 Å². The number of hydrogen-bond donors (Lipinski definition) is 2. The highest BCUT2D eigenvalue weighted by Crippen LogP contribution is 2.19. The van der Waals surface area contributed by atoms with Crippen LogP contribution in [-0.2, 0) is 13.6 Å². The third kappa shape index (κ3) is 2.42. The molecule has 0 fully saturated rings. The molecule has 0 bridgehead atoms. The van der Waals surface area contributed by atoms with Crippen molar-refractivity contribution in [2.45, 2.75) is 26.3 Å². The number of aromatic amines is 1. The van der Waals surface area contributed by atoms with E-state index >= 15 is 0 Å². The van der Waals surface area contributed by atoms with Crippen LogP contribution in [0.15, 0.2) is 15.9 Å². The van der Waals surface area contributed by atoms with Crippen LogP contribution in [0.1, 0.15) is 31.2 Å². The van der Waals surface area contributed by atoms with E-state index in [-0.39, 0.29) is 23.9 Å².